The average molecular weight is 523 g/mol. The first-order valence-electron chi connectivity index (χ1n) is 16.2. The van der Waals surface area contributed by atoms with Crippen LogP contribution in [0.2, 0.25) is 0 Å². The number of unbranched alkanes of at least 4 members (excludes halogenated alkanes) is 7. The normalized spacial score (nSPS) is 15.9. The molecular weight excluding hydrogens is 467 g/mol. The summed E-state index contributed by atoms with van der Waals surface area (Å²) in [6, 6.07) is 14.1. The quantitative estimate of drug-likeness (QED) is 0.177. The molecule has 38 heavy (non-hydrogen) atoms. The maximum atomic E-state index is 15.4. The molecule has 1 fully saturated rings. The molecule has 0 N–H and O–H groups in total. The van der Waals surface area contributed by atoms with Gasteiger partial charge in [-0.25, -0.2) is 4.39 Å². The summed E-state index contributed by atoms with van der Waals surface area (Å²) in [6.45, 7) is 6.83. The Morgan fingerprint density at radius 2 is 1.42 bits per heavy atom. The van der Waals surface area contributed by atoms with Gasteiger partial charge in [-0.05, 0) is 73.6 Å². The van der Waals surface area contributed by atoms with Crippen molar-refractivity contribution in [2.75, 3.05) is 0 Å². The van der Waals surface area contributed by atoms with E-state index in [0.29, 0.717) is 23.1 Å². The van der Waals surface area contributed by atoms with Gasteiger partial charge in [-0.2, -0.15) is 0 Å². The van der Waals surface area contributed by atoms with E-state index in [4.69, 9.17) is 4.74 Å². The summed E-state index contributed by atoms with van der Waals surface area (Å²) in [5.74, 6) is 1.70. The van der Waals surface area contributed by atoms with E-state index in [-0.39, 0.29) is 11.9 Å². The van der Waals surface area contributed by atoms with Crippen molar-refractivity contribution in [3.8, 4) is 16.9 Å². The van der Waals surface area contributed by atoms with E-state index in [1.807, 2.05) is 12.1 Å². The van der Waals surface area contributed by atoms with Gasteiger partial charge in [0.1, 0.15) is 17.7 Å². The number of benzene rings is 2. The standard InChI is InChI=1S/C36H55FO/c1-4-7-9-11-13-18-29-22-24-30(25-23-29)34-27-26-33(28-35(34)37)38-36(32-20-15-12-16-21-32)31(17-6-3)19-14-10-8-5-2/h22-28,31-32,36H,4-21H2,1-3H3. The fourth-order valence-corrected chi connectivity index (χ4v) is 6.46. The highest BCUT2D eigenvalue weighted by Crippen LogP contribution is 2.37. The largest absolute Gasteiger partial charge is 0.490 e. The molecule has 0 saturated heterocycles. The maximum absolute atomic E-state index is 15.4. The van der Waals surface area contributed by atoms with Gasteiger partial charge in [0.2, 0.25) is 0 Å². The second-order valence-corrected chi connectivity index (χ2v) is 11.9. The van der Waals surface area contributed by atoms with E-state index >= 15 is 4.39 Å². The summed E-state index contributed by atoms with van der Waals surface area (Å²) in [4.78, 5) is 0. The summed E-state index contributed by atoms with van der Waals surface area (Å²) in [6.07, 6.45) is 23.1. The van der Waals surface area contributed by atoms with Crippen molar-refractivity contribution in [2.24, 2.45) is 11.8 Å². The van der Waals surface area contributed by atoms with Crippen molar-refractivity contribution >= 4 is 0 Å². The molecule has 2 atom stereocenters. The van der Waals surface area contributed by atoms with Crippen molar-refractivity contribution in [3.05, 3.63) is 53.8 Å². The highest BCUT2D eigenvalue weighted by atomic mass is 19.1. The molecule has 3 rings (SSSR count). The predicted octanol–water partition coefficient (Wildman–Crippen LogP) is 11.7. The Hall–Kier alpha value is -1.83. The maximum Gasteiger partial charge on any atom is 0.134 e. The molecule has 2 aromatic carbocycles. The molecule has 2 heteroatoms. The Kier molecular flexibility index (Phi) is 14.3. The lowest BCUT2D eigenvalue weighted by molar-refractivity contribution is 0.0458. The molecule has 0 radical (unpaired) electrons. The summed E-state index contributed by atoms with van der Waals surface area (Å²) in [5.41, 5.74) is 2.97. The predicted molar refractivity (Wildman–Crippen MR) is 162 cm³/mol. The minimum Gasteiger partial charge on any atom is -0.490 e. The molecule has 0 amide bonds. The summed E-state index contributed by atoms with van der Waals surface area (Å²) < 4.78 is 22.2. The van der Waals surface area contributed by atoms with E-state index in [1.54, 1.807) is 6.07 Å². The first-order valence-corrected chi connectivity index (χ1v) is 16.2. The minimum atomic E-state index is -0.174. The van der Waals surface area contributed by atoms with Gasteiger partial charge in [0.25, 0.3) is 0 Å². The Labute approximate surface area is 234 Å². The third kappa shape index (κ3) is 10.0. The van der Waals surface area contributed by atoms with Crippen molar-refractivity contribution < 1.29 is 9.13 Å². The molecule has 1 aliphatic rings. The molecule has 0 aliphatic heterocycles. The van der Waals surface area contributed by atoms with Crippen molar-refractivity contribution in [3.63, 3.8) is 0 Å². The molecule has 2 aromatic rings. The first-order chi connectivity index (χ1) is 18.7. The van der Waals surface area contributed by atoms with E-state index in [1.165, 1.54) is 115 Å². The Bertz CT molecular complexity index is 883. The van der Waals surface area contributed by atoms with E-state index in [2.05, 4.69) is 45.0 Å². The van der Waals surface area contributed by atoms with Crippen LogP contribution in [0.3, 0.4) is 0 Å². The average Bonchev–Trinajstić information content (AvgIpc) is 2.94. The molecule has 0 bridgehead atoms. The van der Waals surface area contributed by atoms with Crippen LogP contribution in [0.4, 0.5) is 4.39 Å². The van der Waals surface area contributed by atoms with Crippen molar-refractivity contribution in [2.45, 2.75) is 142 Å². The van der Waals surface area contributed by atoms with Crippen LogP contribution in [0.25, 0.3) is 11.1 Å². The Morgan fingerprint density at radius 3 is 2.08 bits per heavy atom. The number of ether oxygens (including phenoxy) is 1. The van der Waals surface area contributed by atoms with Crippen LogP contribution >= 0.6 is 0 Å². The van der Waals surface area contributed by atoms with Gasteiger partial charge in [-0.3, -0.25) is 0 Å². The molecule has 2 unspecified atom stereocenters. The van der Waals surface area contributed by atoms with Crippen LogP contribution in [0.5, 0.6) is 5.75 Å². The number of hydrogen-bond acceptors (Lipinski definition) is 1. The lowest BCUT2D eigenvalue weighted by Crippen LogP contribution is -2.36. The van der Waals surface area contributed by atoms with Crippen molar-refractivity contribution in [1.29, 1.82) is 0 Å². The highest BCUT2D eigenvalue weighted by Gasteiger charge is 2.32. The molecule has 0 spiro atoms. The van der Waals surface area contributed by atoms with Gasteiger partial charge in [-0.15, -0.1) is 0 Å². The zero-order valence-corrected chi connectivity index (χ0v) is 24.8. The van der Waals surface area contributed by atoms with Gasteiger partial charge in [0, 0.05) is 11.6 Å². The van der Waals surface area contributed by atoms with E-state index in [0.717, 1.165) is 12.0 Å². The number of halogens is 1. The van der Waals surface area contributed by atoms with Gasteiger partial charge >= 0.3 is 0 Å². The number of hydrogen-bond donors (Lipinski definition) is 0. The first kappa shape index (κ1) is 30.7. The van der Waals surface area contributed by atoms with Crippen LogP contribution in [0.1, 0.15) is 135 Å². The fourth-order valence-electron chi connectivity index (χ4n) is 6.46. The molecule has 1 saturated carbocycles. The topological polar surface area (TPSA) is 9.23 Å². The minimum absolute atomic E-state index is 0.174. The summed E-state index contributed by atoms with van der Waals surface area (Å²) in [7, 11) is 0. The fraction of sp³-hybridized carbons (Fsp3) is 0.667. The van der Waals surface area contributed by atoms with Crippen LogP contribution in [0.15, 0.2) is 42.5 Å². The molecule has 1 aliphatic carbocycles. The van der Waals surface area contributed by atoms with E-state index < -0.39 is 0 Å². The lowest BCUT2D eigenvalue weighted by Gasteiger charge is -2.36. The molecule has 212 valence electrons. The Balaban J connectivity index is 1.68. The van der Waals surface area contributed by atoms with Gasteiger partial charge in [0.05, 0.1) is 0 Å². The number of rotatable bonds is 18. The van der Waals surface area contributed by atoms with Crippen LogP contribution in [-0.2, 0) is 6.42 Å². The zero-order valence-electron chi connectivity index (χ0n) is 24.8. The molecule has 1 nitrogen and oxygen atoms in total. The summed E-state index contributed by atoms with van der Waals surface area (Å²) in [5, 5.41) is 0. The number of aryl methyl sites for hydroxylation is 1. The second kappa shape index (κ2) is 17.7. The second-order valence-electron chi connectivity index (χ2n) is 11.9. The smallest absolute Gasteiger partial charge is 0.134 e. The lowest BCUT2D eigenvalue weighted by atomic mass is 9.77. The van der Waals surface area contributed by atoms with Crippen molar-refractivity contribution in [1.82, 2.24) is 0 Å². The van der Waals surface area contributed by atoms with Gasteiger partial charge < -0.3 is 4.74 Å². The highest BCUT2D eigenvalue weighted by molar-refractivity contribution is 5.65. The third-order valence-electron chi connectivity index (χ3n) is 8.71. The van der Waals surface area contributed by atoms with Gasteiger partial charge in [0.15, 0.2) is 0 Å². The molecular formula is C36H55FO. The summed E-state index contributed by atoms with van der Waals surface area (Å²) >= 11 is 0. The van der Waals surface area contributed by atoms with Gasteiger partial charge in [-0.1, -0.05) is 122 Å². The third-order valence-corrected chi connectivity index (χ3v) is 8.71. The van der Waals surface area contributed by atoms with E-state index in [9.17, 15) is 0 Å². The molecule has 0 heterocycles. The monoisotopic (exact) mass is 522 g/mol. The zero-order chi connectivity index (χ0) is 27.0. The SMILES string of the molecule is CCCCCCCc1ccc(-c2ccc(OC(C(CCC)CCCCCC)C3CCCCC3)cc2F)cc1. The van der Waals surface area contributed by atoms with Crippen LogP contribution in [-0.4, -0.2) is 6.10 Å². The van der Waals surface area contributed by atoms with Crippen LogP contribution < -0.4 is 4.74 Å². The van der Waals surface area contributed by atoms with Crippen LogP contribution in [0, 0.1) is 17.7 Å². The Morgan fingerprint density at radius 1 is 0.737 bits per heavy atom. The molecule has 0 aromatic heterocycles.